The van der Waals surface area contributed by atoms with Crippen molar-refractivity contribution in [1.82, 2.24) is 5.32 Å². The fraction of sp³-hybridized carbons (Fsp3) is 0.462. The minimum absolute atomic E-state index is 0.0556. The minimum Gasteiger partial charge on any atom is -0.350 e. The largest absolute Gasteiger partial charge is 0.350 e. The first kappa shape index (κ1) is 12.6. The van der Waals surface area contributed by atoms with Crippen LogP contribution in [0.1, 0.15) is 25.3 Å². The van der Waals surface area contributed by atoms with Crippen LogP contribution in [0.4, 0.5) is 0 Å². The predicted molar refractivity (Wildman–Crippen MR) is 71.3 cm³/mol. The molecule has 1 aromatic carbocycles. The van der Waals surface area contributed by atoms with Crippen molar-refractivity contribution in [3.63, 3.8) is 0 Å². The molecule has 4 heteroatoms. The number of amides is 1. The summed E-state index contributed by atoms with van der Waals surface area (Å²) in [5, 5.41) is 2.90. The van der Waals surface area contributed by atoms with E-state index in [1.165, 1.54) is 0 Å². The fourth-order valence-electron chi connectivity index (χ4n) is 1.89. The van der Waals surface area contributed by atoms with Crippen LogP contribution in [0.15, 0.2) is 28.7 Å². The van der Waals surface area contributed by atoms with Crippen LogP contribution in [0.25, 0.3) is 0 Å². The molecule has 1 fully saturated rings. The highest BCUT2D eigenvalue weighted by Gasteiger charge is 2.43. The van der Waals surface area contributed by atoms with E-state index >= 15 is 0 Å². The number of benzene rings is 1. The van der Waals surface area contributed by atoms with Gasteiger partial charge in [-0.15, -0.1) is 0 Å². The highest BCUT2D eigenvalue weighted by molar-refractivity contribution is 9.10. The van der Waals surface area contributed by atoms with E-state index in [-0.39, 0.29) is 5.91 Å². The van der Waals surface area contributed by atoms with Crippen molar-refractivity contribution in [2.75, 3.05) is 0 Å². The van der Waals surface area contributed by atoms with Crippen molar-refractivity contribution in [3.8, 4) is 0 Å². The van der Waals surface area contributed by atoms with E-state index in [1.807, 2.05) is 31.2 Å². The molecule has 17 heavy (non-hydrogen) atoms. The van der Waals surface area contributed by atoms with Gasteiger partial charge in [0.15, 0.2) is 0 Å². The second-order valence-electron chi connectivity index (χ2n) is 4.87. The third-order valence-corrected chi connectivity index (χ3v) is 3.75. The van der Waals surface area contributed by atoms with Gasteiger partial charge in [0.1, 0.15) is 0 Å². The van der Waals surface area contributed by atoms with Crippen molar-refractivity contribution in [2.24, 2.45) is 11.7 Å². The molecule has 0 saturated heterocycles. The monoisotopic (exact) mass is 296 g/mol. The van der Waals surface area contributed by atoms with Crippen LogP contribution in [-0.4, -0.2) is 11.4 Å². The Kier molecular flexibility index (Phi) is 3.54. The Morgan fingerprint density at radius 2 is 2.29 bits per heavy atom. The number of hydrogen-bond acceptors (Lipinski definition) is 2. The maximum atomic E-state index is 12.0. The van der Waals surface area contributed by atoms with E-state index in [2.05, 4.69) is 21.2 Å². The van der Waals surface area contributed by atoms with E-state index < -0.39 is 5.54 Å². The molecule has 3 N–H and O–H groups in total. The molecular formula is C13H17BrN2O. The van der Waals surface area contributed by atoms with Crippen molar-refractivity contribution >= 4 is 21.8 Å². The standard InChI is InChI=1S/C13H17BrN2O/c1-13(15,10-5-6-10)12(17)16-8-9-3-2-4-11(14)7-9/h2-4,7,10H,5-6,8,15H2,1H3,(H,16,17). The lowest BCUT2D eigenvalue weighted by Gasteiger charge is -2.23. The van der Waals surface area contributed by atoms with Gasteiger partial charge < -0.3 is 11.1 Å². The highest BCUT2D eigenvalue weighted by atomic mass is 79.9. The van der Waals surface area contributed by atoms with Crippen LogP contribution in [-0.2, 0) is 11.3 Å². The molecule has 1 atom stereocenters. The Labute approximate surface area is 110 Å². The highest BCUT2D eigenvalue weighted by Crippen LogP contribution is 2.38. The van der Waals surface area contributed by atoms with Gasteiger partial charge in [0.25, 0.3) is 0 Å². The summed E-state index contributed by atoms with van der Waals surface area (Å²) in [6, 6.07) is 7.89. The first-order chi connectivity index (χ1) is 8.00. The molecule has 0 aliphatic heterocycles. The molecule has 0 heterocycles. The Hall–Kier alpha value is -0.870. The SMILES string of the molecule is CC(N)(C(=O)NCc1cccc(Br)c1)C1CC1. The molecule has 92 valence electrons. The number of rotatable bonds is 4. The van der Waals surface area contributed by atoms with E-state index in [9.17, 15) is 4.79 Å². The number of nitrogens with one attached hydrogen (secondary N) is 1. The minimum atomic E-state index is -0.716. The van der Waals surface area contributed by atoms with Gasteiger partial charge in [-0.3, -0.25) is 4.79 Å². The molecule has 1 aromatic rings. The maximum absolute atomic E-state index is 12.0. The maximum Gasteiger partial charge on any atom is 0.240 e. The number of carbonyl (C=O) groups is 1. The van der Waals surface area contributed by atoms with Crippen molar-refractivity contribution in [3.05, 3.63) is 34.3 Å². The summed E-state index contributed by atoms with van der Waals surface area (Å²) < 4.78 is 1.02. The molecule has 0 radical (unpaired) electrons. The van der Waals surface area contributed by atoms with Crippen molar-refractivity contribution in [1.29, 1.82) is 0 Å². The van der Waals surface area contributed by atoms with E-state index in [0.29, 0.717) is 12.5 Å². The zero-order valence-electron chi connectivity index (χ0n) is 9.87. The summed E-state index contributed by atoms with van der Waals surface area (Å²) in [4.78, 5) is 12.0. The molecule has 1 aliphatic carbocycles. The average Bonchev–Trinajstić information content (AvgIpc) is 3.09. The zero-order chi connectivity index (χ0) is 12.5. The lowest BCUT2D eigenvalue weighted by molar-refractivity contribution is -0.126. The van der Waals surface area contributed by atoms with Crippen molar-refractivity contribution < 1.29 is 4.79 Å². The molecule has 1 amide bonds. The van der Waals surface area contributed by atoms with Crippen LogP contribution >= 0.6 is 15.9 Å². The smallest absolute Gasteiger partial charge is 0.240 e. The quantitative estimate of drug-likeness (QED) is 0.895. The average molecular weight is 297 g/mol. The van der Waals surface area contributed by atoms with Crippen LogP contribution in [0.5, 0.6) is 0 Å². The summed E-state index contributed by atoms with van der Waals surface area (Å²) >= 11 is 3.40. The van der Waals surface area contributed by atoms with Crippen LogP contribution in [0.3, 0.4) is 0 Å². The van der Waals surface area contributed by atoms with Gasteiger partial charge in [-0.25, -0.2) is 0 Å². The van der Waals surface area contributed by atoms with Gasteiger partial charge in [-0.2, -0.15) is 0 Å². The third-order valence-electron chi connectivity index (χ3n) is 3.26. The third kappa shape index (κ3) is 3.07. The predicted octanol–water partition coefficient (Wildman–Crippen LogP) is 2.19. The summed E-state index contributed by atoms with van der Waals surface area (Å²) in [7, 11) is 0. The Morgan fingerprint density at radius 3 is 2.88 bits per heavy atom. The number of halogens is 1. The summed E-state index contributed by atoms with van der Waals surface area (Å²) in [6.45, 7) is 2.35. The molecule has 0 bridgehead atoms. The summed E-state index contributed by atoms with van der Waals surface area (Å²) in [5.74, 6) is 0.296. The first-order valence-electron chi connectivity index (χ1n) is 5.82. The molecule has 0 spiro atoms. The topological polar surface area (TPSA) is 55.1 Å². The summed E-state index contributed by atoms with van der Waals surface area (Å²) in [5.41, 5.74) is 6.39. The fourth-order valence-corrected chi connectivity index (χ4v) is 2.33. The Balaban J connectivity index is 1.92. The molecular weight excluding hydrogens is 280 g/mol. The van der Waals surface area contributed by atoms with Crippen LogP contribution < -0.4 is 11.1 Å². The van der Waals surface area contributed by atoms with Crippen LogP contribution in [0, 0.1) is 5.92 Å². The Bertz CT molecular complexity index is 427. The molecule has 1 unspecified atom stereocenters. The van der Waals surface area contributed by atoms with Gasteiger partial charge in [0.2, 0.25) is 5.91 Å². The van der Waals surface area contributed by atoms with Gasteiger partial charge in [0.05, 0.1) is 5.54 Å². The van der Waals surface area contributed by atoms with Crippen molar-refractivity contribution in [2.45, 2.75) is 31.8 Å². The normalized spacial score (nSPS) is 18.5. The van der Waals surface area contributed by atoms with E-state index in [1.54, 1.807) is 0 Å². The Morgan fingerprint density at radius 1 is 1.59 bits per heavy atom. The zero-order valence-corrected chi connectivity index (χ0v) is 11.5. The molecule has 3 nitrogen and oxygen atoms in total. The molecule has 1 aliphatic rings. The lowest BCUT2D eigenvalue weighted by atomic mass is 9.96. The van der Waals surface area contributed by atoms with E-state index in [0.717, 1.165) is 22.9 Å². The second kappa shape index (κ2) is 4.78. The van der Waals surface area contributed by atoms with Crippen LogP contribution in [0.2, 0.25) is 0 Å². The van der Waals surface area contributed by atoms with Gasteiger partial charge in [-0.05, 0) is 43.4 Å². The second-order valence-corrected chi connectivity index (χ2v) is 5.79. The number of nitrogens with two attached hydrogens (primary N) is 1. The summed E-state index contributed by atoms with van der Waals surface area (Å²) in [6.07, 6.45) is 2.13. The van der Waals surface area contributed by atoms with Gasteiger partial charge >= 0.3 is 0 Å². The molecule has 2 rings (SSSR count). The van der Waals surface area contributed by atoms with Gasteiger partial charge in [0, 0.05) is 11.0 Å². The number of hydrogen-bond donors (Lipinski definition) is 2. The van der Waals surface area contributed by atoms with E-state index in [4.69, 9.17) is 5.73 Å². The molecule has 0 aromatic heterocycles. The number of carbonyl (C=O) groups excluding carboxylic acids is 1. The van der Waals surface area contributed by atoms with Gasteiger partial charge in [-0.1, -0.05) is 28.1 Å². The first-order valence-corrected chi connectivity index (χ1v) is 6.61. The molecule has 1 saturated carbocycles. The lowest BCUT2D eigenvalue weighted by Crippen LogP contribution is -2.53.